The summed E-state index contributed by atoms with van der Waals surface area (Å²) in [5.41, 5.74) is 15.3. The van der Waals surface area contributed by atoms with Gasteiger partial charge in [-0.3, -0.25) is 4.79 Å². The van der Waals surface area contributed by atoms with Crippen molar-refractivity contribution in [3.8, 4) is 28.3 Å². The number of carbonyl (C=O) groups is 1. The summed E-state index contributed by atoms with van der Waals surface area (Å²) in [5.74, 6) is -0.707. The first-order valence-electron chi connectivity index (χ1n) is 12.1. The Morgan fingerprint density at radius 3 is 2.21 bits per heavy atom. The highest BCUT2D eigenvalue weighted by molar-refractivity contribution is 5.81. The minimum absolute atomic E-state index is 0.116. The Bertz CT molecular complexity index is 1440. The Morgan fingerprint density at radius 1 is 0.923 bits per heavy atom. The van der Waals surface area contributed by atoms with Crippen molar-refractivity contribution < 1.29 is 27.8 Å². The second kappa shape index (κ2) is 11.6. The molecule has 0 radical (unpaired) electrons. The lowest BCUT2D eigenvalue weighted by atomic mass is 10.00. The number of halogens is 3. The number of nitrogens with zero attached hydrogens (tertiary/aromatic N) is 2. The summed E-state index contributed by atoms with van der Waals surface area (Å²) in [6.07, 6.45) is -6.68. The molecule has 3 aromatic carbocycles. The van der Waals surface area contributed by atoms with Crippen molar-refractivity contribution in [2.24, 2.45) is 5.73 Å². The summed E-state index contributed by atoms with van der Waals surface area (Å²) in [6, 6.07) is 20.5. The zero-order valence-electron chi connectivity index (χ0n) is 21.0. The first kappa shape index (κ1) is 27.7. The van der Waals surface area contributed by atoms with Crippen molar-refractivity contribution in [1.29, 1.82) is 0 Å². The van der Waals surface area contributed by atoms with Crippen molar-refractivity contribution in [2.45, 2.75) is 38.3 Å². The Balaban J connectivity index is 1.58. The van der Waals surface area contributed by atoms with Crippen LogP contribution in [-0.2, 0) is 17.8 Å². The van der Waals surface area contributed by atoms with Gasteiger partial charge in [-0.25, -0.2) is 4.98 Å². The number of Topliss-reactive ketones (excluding diaryl/α,β-unsaturated/α-hetero) is 1. The number of hydrogen-bond acceptors (Lipinski definition) is 7. The number of aromatic nitrogens is 2. The van der Waals surface area contributed by atoms with Crippen LogP contribution in [0, 0.1) is 0 Å². The molecule has 0 amide bonds. The molecule has 4 aromatic rings. The van der Waals surface area contributed by atoms with Crippen LogP contribution in [-0.4, -0.2) is 33.1 Å². The summed E-state index contributed by atoms with van der Waals surface area (Å²) in [6.45, 7) is 1.28. The van der Waals surface area contributed by atoms with Crippen LogP contribution < -0.4 is 16.2 Å². The van der Waals surface area contributed by atoms with Gasteiger partial charge in [0.15, 0.2) is 0 Å². The molecule has 0 bridgehead atoms. The summed E-state index contributed by atoms with van der Waals surface area (Å²) in [7, 11) is 0. The lowest BCUT2D eigenvalue weighted by Crippen LogP contribution is -2.30. The third-order valence-electron chi connectivity index (χ3n) is 6.14. The van der Waals surface area contributed by atoms with Crippen LogP contribution in [0.5, 0.6) is 5.88 Å². The normalized spacial score (nSPS) is 13.1. The Morgan fingerprint density at radius 2 is 1.59 bits per heavy atom. The van der Waals surface area contributed by atoms with Gasteiger partial charge in [0, 0.05) is 17.2 Å². The lowest BCUT2D eigenvalue weighted by Gasteiger charge is -2.22. The molecule has 1 heterocycles. The number of ketones is 1. The Labute approximate surface area is 223 Å². The van der Waals surface area contributed by atoms with Gasteiger partial charge in [0.05, 0.1) is 18.3 Å². The molecule has 202 valence electrons. The number of anilines is 1. The highest BCUT2D eigenvalue weighted by Gasteiger charge is 2.43. The van der Waals surface area contributed by atoms with E-state index in [4.69, 9.17) is 16.2 Å². The van der Waals surface area contributed by atoms with E-state index < -0.39 is 18.3 Å². The molecule has 10 heteroatoms. The average molecular weight is 537 g/mol. The van der Waals surface area contributed by atoms with E-state index in [1.165, 1.54) is 25.1 Å². The zero-order chi connectivity index (χ0) is 28.2. The third kappa shape index (κ3) is 6.98. The zero-order valence-corrected chi connectivity index (χ0v) is 21.0. The maximum atomic E-state index is 14.1. The average Bonchev–Trinajstić information content (AvgIpc) is 2.91. The van der Waals surface area contributed by atoms with E-state index >= 15 is 0 Å². The number of benzene rings is 3. The van der Waals surface area contributed by atoms with Gasteiger partial charge in [0.25, 0.3) is 0 Å². The lowest BCUT2D eigenvalue weighted by molar-refractivity contribution is -0.198. The Hall–Kier alpha value is -4.28. The van der Waals surface area contributed by atoms with Crippen LogP contribution in [0.3, 0.4) is 0 Å². The maximum Gasteiger partial charge on any atom is 0.429 e. The number of rotatable bonds is 9. The number of aliphatic hydroxyl groups is 1. The molecule has 5 N–H and O–H groups in total. The number of alkyl halides is 3. The molecule has 4 rings (SSSR count). The number of ether oxygens (including phenoxy) is 1. The third-order valence-corrected chi connectivity index (χ3v) is 6.14. The van der Waals surface area contributed by atoms with Crippen molar-refractivity contribution in [1.82, 2.24) is 9.97 Å². The first-order chi connectivity index (χ1) is 18.5. The van der Waals surface area contributed by atoms with E-state index in [0.29, 0.717) is 23.1 Å². The SMILES string of the molecule is CC(=O)[C@@H](N)Cc1ccc(-c2cc(O[C@H](c3ccc(-c4cccc(CO)c4)cc3)C(F)(F)F)nc(N)n2)cc1. The number of nitrogens with two attached hydrogens (primary N) is 2. The van der Waals surface area contributed by atoms with E-state index in [2.05, 4.69) is 9.97 Å². The molecule has 39 heavy (non-hydrogen) atoms. The van der Waals surface area contributed by atoms with Crippen LogP contribution in [0.25, 0.3) is 22.4 Å². The summed E-state index contributed by atoms with van der Waals surface area (Å²) in [4.78, 5) is 19.4. The van der Waals surface area contributed by atoms with E-state index in [-0.39, 0.29) is 35.5 Å². The minimum Gasteiger partial charge on any atom is -0.460 e. The molecule has 0 aliphatic rings. The Kier molecular flexibility index (Phi) is 8.27. The van der Waals surface area contributed by atoms with Gasteiger partial charge in [-0.05, 0) is 41.7 Å². The molecule has 0 unspecified atom stereocenters. The van der Waals surface area contributed by atoms with Crippen LogP contribution in [0.15, 0.2) is 78.9 Å². The van der Waals surface area contributed by atoms with Crippen molar-refractivity contribution in [2.75, 3.05) is 5.73 Å². The number of nitrogen functional groups attached to an aromatic ring is 1. The maximum absolute atomic E-state index is 14.1. The molecule has 2 atom stereocenters. The highest BCUT2D eigenvalue weighted by Crippen LogP contribution is 2.38. The van der Waals surface area contributed by atoms with E-state index in [1.54, 1.807) is 60.7 Å². The number of carbonyl (C=O) groups excluding carboxylic acids is 1. The molecular weight excluding hydrogens is 509 g/mol. The highest BCUT2D eigenvalue weighted by atomic mass is 19.4. The minimum atomic E-state index is -4.74. The molecule has 0 aliphatic carbocycles. The predicted octanol–water partition coefficient (Wildman–Crippen LogP) is 5.03. The number of aliphatic hydroxyl groups excluding tert-OH is 1. The standard InChI is InChI=1S/C29H27F3N4O3/c1-17(38)24(33)14-18-5-7-21(8-6-18)25-15-26(36-28(34)35-25)39-27(29(30,31)32)22-11-9-20(10-12-22)23-4-2-3-19(13-23)16-37/h2-13,15,24,27,37H,14,16,33H2,1H3,(H2,34,35,36)/t24-,27+/m0/s1. The fraction of sp³-hybridized carbons (Fsp3) is 0.207. The van der Waals surface area contributed by atoms with Crippen LogP contribution >= 0.6 is 0 Å². The van der Waals surface area contributed by atoms with Gasteiger partial charge in [-0.2, -0.15) is 18.2 Å². The summed E-state index contributed by atoms with van der Waals surface area (Å²) in [5, 5.41) is 9.35. The monoisotopic (exact) mass is 536 g/mol. The smallest absolute Gasteiger partial charge is 0.429 e. The van der Waals surface area contributed by atoms with Crippen molar-refractivity contribution in [3.05, 3.63) is 95.6 Å². The van der Waals surface area contributed by atoms with Gasteiger partial charge in [-0.1, -0.05) is 66.7 Å². The van der Waals surface area contributed by atoms with Gasteiger partial charge in [0.2, 0.25) is 17.9 Å². The van der Waals surface area contributed by atoms with Gasteiger partial charge < -0.3 is 21.3 Å². The molecule has 0 aliphatic heterocycles. The van der Waals surface area contributed by atoms with E-state index in [0.717, 1.165) is 11.1 Å². The largest absolute Gasteiger partial charge is 0.460 e. The predicted molar refractivity (Wildman–Crippen MR) is 141 cm³/mol. The van der Waals surface area contributed by atoms with Crippen molar-refractivity contribution >= 4 is 11.7 Å². The van der Waals surface area contributed by atoms with Gasteiger partial charge >= 0.3 is 6.18 Å². The van der Waals surface area contributed by atoms with E-state index in [9.17, 15) is 23.1 Å². The molecule has 0 saturated heterocycles. The fourth-order valence-corrected chi connectivity index (χ4v) is 4.00. The van der Waals surface area contributed by atoms with Crippen LogP contribution in [0.4, 0.5) is 19.1 Å². The molecule has 0 fully saturated rings. The fourth-order valence-electron chi connectivity index (χ4n) is 4.00. The van der Waals surface area contributed by atoms with Crippen LogP contribution in [0.1, 0.15) is 29.7 Å². The molecule has 0 spiro atoms. The van der Waals surface area contributed by atoms with Gasteiger partial charge in [0.1, 0.15) is 5.78 Å². The topological polar surface area (TPSA) is 124 Å². The molecular formula is C29H27F3N4O3. The second-order valence-electron chi connectivity index (χ2n) is 9.09. The first-order valence-corrected chi connectivity index (χ1v) is 12.1. The molecule has 0 saturated carbocycles. The number of hydrogen-bond donors (Lipinski definition) is 3. The summed E-state index contributed by atoms with van der Waals surface area (Å²) >= 11 is 0. The van der Waals surface area contributed by atoms with E-state index in [1.807, 2.05) is 0 Å². The molecule has 1 aromatic heterocycles. The quantitative estimate of drug-likeness (QED) is 0.274. The van der Waals surface area contributed by atoms with Crippen LogP contribution in [0.2, 0.25) is 0 Å². The second-order valence-corrected chi connectivity index (χ2v) is 9.09. The van der Waals surface area contributed by atoms with Crippen molar-refractivity contribution in [3.63, 3.8) is 0 Å². The summed E-state index contributed by atoms with van der Waals surface area (Å²) < 4.78 is 47.6. The molecule has 7 nitrogen and oxygen atoms in total. The van der Waals surface area contributed by atoms with Gasteiger partial charge in [-0.15, -0.1) is 0 Å².